The Morgan fingerprint density at radius 2 is 2.36 bits per heavy atom. The molecule has 1 amide bonds. The van der Waals surface area contributed by atoms with Crippen molar-refractivity contribution in [3.05, 3.63) is 52.9 Å². The van der Waals surface area contributed by atoms with Gasteiger partial charge in [-0.1, -0.05) is 19.1 Å². The van der Waals surface area contributed by atoms with Crippen molar-refractivity contribution in [2.75, 3.05) is 18.4 Å². The van der Waals surface area contributed by atoms with Crippen LogP contribution in [0.3, 0.4) is 0 Å². The molecule has 0 spiro atoms. The molecule has 0 aliphatic carbocycles. The second-order valence-electron chi connectivity index (χ2n) is 6.02. The number of benzene rings is 1. The summed E-state index contributed by atoms with van der Waals surface area (Å²) in [4.78, 5) is 26.4. The summed E-state index contributed by atoms with van der Waals surface area (Å²) in [5.41, 5.74) is 4.68. The van der Waals surface area contributed by atoms with Crippen LogP contribution in [0, 0.1) is 0 Å². The van der Waals surface area contributed by atoms with Gasteiger partial charge < -0.3 is 10.3 Å². The number of carbonyl (C=O) groups excluding carboxylic acids is 1. The van der Waals surface area contributed by atoms with Gasteiger partial charge in [0.05, 0.1) is 18.2 Å². The number of H-pyrrole nitrogens is 1. The minimum absolute atomic E-state index is 0.173. The van der Waals surface area contributed by atoms with Crippen LogP contribution in [0.5, 0.6) is 0 Å². The van der Waals surface area contributed by atoms with E-state index in [1.807, 2.05) is 12.1 Å². The Kier molecular flexibility index (Phi) is 4.33. The van der Waals surface area contributed by atoms with E-state index in [1.54, 1.807) is 17.9 Å². The number of carbonyl (C=O) groups is 1. The van der Waals surface area contributed by atoms with E-state index < -0.39 is 0 Å². The van der Waals surface area contributed by atoms with Crippen LogP contribution >= 0.6 is 11.3 Å². The monoisotopic (exact) mass is 353 g/mol. The van der Waals surface area contributed by atoms with Crippen LogP contribution in [0.25, 0.3) is 10.7 Å². The Hall–Kier alpha value is -2.51. The van der Waals surface area contributed by atoms with Crippen molar-refractivity contribution in [2.24, 2.45) is 0 Å². The summed E-state index contributed by atoms with van der Waals surface area (Å²) in [5, 5.41) is 5.58. The topological polar surface area (TPSA) is 73.9 Å². The molecule has 7 heteroatoms. The highest BCUT2D eigenvalue weighted by Crippen LogP contribution is 2.27. The average molecular weight is 353 g/mol. The van der Waals surface area contributed by atoms with E-state index in [4.69, 9.17) is 0 Å². The highest BCUT2D eigenvalue weighted by molar-refractivity contribution is 7.13. The standard InChI is InChI=1S/C18H19N5OS/c1-2-23-7-6-13-12(9-23)4-3-5-14(13)21-17(24)16-10-25-18(22-16)15-8-19-11-20-15/h3-5,8,10-11H,2,6-7,9H2,1H3,(H,19,20)(H,21,24). The molecule has 0 fully saturated rings. The molecule has 128 valence electrons. The molecule has 1 aliphatic rings. The van der Waals surface area contributed by atoms with Crippen molar-refractivity contribution in [3.8, 4) is 10.7 Å². The number of thiazole rings is 1. The first kappa shape index (κ1) is 16.0. The van der Waals surface area contributed by atoms with Crippen molar-refractivity contribution >= 4 is 22.9 Å². The number of nitrogens with zero attached hydrogens (tertiary/aromatic N) is 3. The van der Waals surface area contributed by atoms with Gasteiger partial charge in [0, 0.05) is 24.2 Å². The molecule has 4 rings (SSSR count). The lowest BCUT2D eigenvalue weighted by molar-refractivity contribution is 0.102. The minimum atomic E-state index is -0.173. The molecule has 3 aromatic rings. The predicted octanol–water partition coefficient (Wildman–Crippen LogP) is 3.16. The highest BCUT2D eigenvalue weighted by atomic mass is 32.1. The zero-order valence-electron chi connectivity index (χ0n) is 14.0. The smallest absolute Gasteiger partial charge is 0.275 e. The van der Waals surface area contributed by atoms with Gasteiger partial charge in [-0.25, -0.2) is 9.97 Å². The van der Waals surface area contributed by atoms with Crippen molar-refractivity contribution in [1.29, 1.82) is 0 Å². The van der Waals surface area contributed by atoms with E-state index in [0.717, 1.165) is 42.4 Å². The fraction of sp³-hybridized carbons (Fsp3) is 0.278. The quantitative estimate of drug-likeness (QED) is 0.756. The lowest BCUT2D eigenvalue weighted by Gasteiger charge is -2.29. The number of amides is 1. The number of likely N-dealkylation sites (N-methyl/N-ethyl adjacent to an activating group) is 1. The summed E-state index contributed by atoms with van der Waals surface area (Å²) in [6.07, 6.45) is 4.26. The molecule has 0 saturated carbocycles. The Labute approximate surface area is 149 Å². The minimum Gasteiger partial charge on any atom is -0.343 e. The molecule has 25 heavy (non-hydrogen) atoms. The van der Waals surface area contributed by atoms with Gasteiger partial charge in [0.2, 0.25) is 0 Å². The Morgan fingerprint density at radius 1 is 1.44 bits per heavy atom. The first-order chi connectivity index (χ1) is 12.2. The van der Waals surface area contributed by atoms with Crippen LogP contribution in [0.1, 0.15) is 28.5 Å². The fourth-order valence-electron chi connectivity index (χ4n) is 3.12. The van der Waals surface area contributed by atoms with Crippen molar-refractivity contribution in [2.45, 2.75) is 19.9 Å². The Bertz CT molecular complexity index is 887. The molecule has 3 heterocycles. The third-order valence-electron chi connectivity index (χ3n) is 4.51. The third kappa shape index (κ3) is 3.20. The molecule has 0 saturated heterocycles. The average Bonchev–Trinajstić information content (AvgIpc) is 3.32. The van der Waals surface area contributed by atoms with Crippen LogP contribution in [0.2, 0.25) is 0 Å². The molecule has 6 nitrogen and oxygen atoms in total. The van der Waals surface area contributed by atoms with Gasteiger partial charge in [0.25, 0.3) is 5.91 Å². The molecule has 2 aromatic heterocycles. The van der Waals surface area contributed by atoms with E-state index in [-0.39, 0.29) is 5.91 Å². The van der Waals surface area contributed by atoms with Gasteiger partial charge in [0.1, 0.15) is 10.7 Å². The van der Waals surface area contributed by atoms with Gasteiger partial charge in [-0.05, 0) is 30.2 Å². The van der Waals surface area contributed by atoms with E-state index >= 15 is 0 Å². The highest BCUT2D eigenvalue weighted by Gasteiger charge is 2.20. The second kappa shape index (κ2) is 6.78. The number of anilines is 1. The summed E-state index contributed by atoms with van der Waals surface area (Å²) >= 11 is 1.43. The normalized spacial score (nSPS) is 14.3. The predicted molar refractivity (Wildman–Crippen MR) is 98.7 cm³/mol. The van der Waals surface area contributed by atoms with Gasteiger partial charge in [-0.2, -0.15) is 0 Å². The molecule has 0 bridgehead atoms. The van der Waals surface area contributed by atoms with Gasteiger partial charge in [0.15, 0.2) is 0 Å². The first-order valence-electron chi connectivity index (χ1n) is 8.33. The van der Waals surface area contributed by atoms with E-state index in [0.29, 0.717) is 5.69 Å². The van der Waals surface area contributed by atoms with Crippen LogP contribution in [0.4, 0.5) is 5.69 Å². The van der Waals surface area contributed by atoms with Crippen molar-refractivity contribution in [3.63, 3.8) is 0 Å². The summed E-state index contributed by atoms with van der Waals surface area (Å²) in [7, 11) is 0. The van der Waals surface area contributed by atoms with Crippen LogP contribution < -0.4 is 5.32 Å². The second-order valence-corrected chi connectivity index (χ2v) is 6.88. The maximum Gasteiger partial charge on any atom is 0.275 e. The summed E-state index contributed by atoms with van der Waals surface area (Å²) in [5.74, 6) is -0.173. The number of hydrogen-bond donors (Lipinski definition) is 2. The molecule has 1 aliphatic heterocycles. The maximum absolute atomic E-state index is 12.6. The van der Waals surface area contributed by atoms with Crippen LogP contribution in [-0.4, -0.2) is 38.8 Å². The van der Waals surface area contributed by atoms with Gasteiger partial charge in [-0.3, -0.25) is 9.69 Å². The molecule has 0 unspecified atom stereocenters. The Balaban J connectivity index is 1.54. The first-order valence-corrected chi connectivity index (χ1v) is 9.21. The number of aromatic nitrogens is 3. The van der Waals surface area contributed by atoms with E-state index in [1.165, 1.54) is 22.5 Å². The number of rotatable bonds is 4. The zero-order chi connectivity index (χ0) is 17.2. The fourth-order valence-corrected chi connectivity index (χ4v) is 3.89. The lowest BCUT2D eigenvalue weighted by Crippen LogP contribution is -2.31. The number of fused-ring (bicyclic) bond motifs is 1. The van der Waals surface area contributed by atoms with E-state index in [2.05, 4.69) is 38.2 Å². The van der Waals surface area contributed by atoms with Gasteiger partial charge >= 0.3 is 0 Å². The zero-order valence-corrected chi connectivity index (χ0v) is 14.8. The molecule has 0 atom stereocenters. The molecule has 2 N–H and O–H groups in total. The third-order valence-corrected chi connectivity index (χ3v) is 5.38. The molecular formula is C18H19N5OS. The SMILES string of the molecule is CCN1CCc2c(cccc2NC(=O)c2csc(-c3cnc[nH]3)n2)C1. The summed E-state index contributed by atoms with van der Waals surface area (Å²) < 4.78 is 0. The molecule has 1 aromatic carbocycles. The molecule has 0 radical (unpaired) electrons. The molecular weight excluding hydrogens is 334 g/mol. The Morgan fingerprint density at radius 3 is 3.16 bits per heavy atom. The number of nitrogens with one attached hydrogen (secondary N) is 2. The maximum atomic E-state index is 12.6. The van der Waals surface area contributed by atoms with Crippen molar-refractivity contribution in [1.82, 2.24) is 19.9 Å². The number of aromatic amines is 1. The summed E-state index contributed by atoms with van der Waals surface area (Å²) in [6.45, 7) is 5.19. The summed E-state index contributed by atoms with van der Waals surface area (Å²) in [6, 6.07) is 6.12. The van der Waals surface area contributed by atoms with Crippen molar-refractivity contribution < 1.29 is 4.79 Å². The largest absolute Gasteiger partial charge is 0.343 e. The lowest BCUT2D eigenvalue weighted by atomic mass is 9.97. The number of hydrogen-bond acceptors (Lipinski definition) is 5. The van der Waals surface area contributed by atoms with Crippen LogP contribution in [0.15, 0.2) is 36.1 Å². The van der Waals surface area contributed by atoms with Gasteiger partial charge in [-0.15, -0.1) is 11.3 Å². The van der Waals surface area contributed by atoms with Crippen LogP contribution in [-0.2, 0) is 13.0 Å². The number of imidazole rings is 1. The van der Waals surface area contributed by atoms with E-state index in [9.17, 15) is 4.79 Å².